The number of aromatic nitrogens is 4. The van der Waals surface area contributed by atoms with Crippen molar-refractivity contribution in [2.24, 2.45) is 5.92 Å². The minimum atomic E-state index is -1.62. The van der Waals surface area contributed by atoms with Gasteiger partial charge in [-0.2, -0.15) is 10.2 Å². The molecule has 0 aromatic carbocycles. The van der Waals surface area contributed by atoms with Gasteiger partial charge in [-0.3, -0.25) is 24.5 Å². The van der Waals surface area contributed by atoms with E-state index in [4.69, 9.17) is 26.6 Å². The molecular formula is C25H40N7O7P. The van der Waals surface area contributed by atoms with E-state index in [0.717, 1.165) is 0 Å². The van der Waals surface area contributed by atoms with Gasteiger partial charge in [0.05, 0.1) is 32.0 Å². The number of carbonyl (C=O) groups excluding carboxylic acids is 1. The van der Waals surface area contributed by atoms with Crippen LogP contribution < -0.4 is 10.9 Å². The summed E-state index contributed by atoms with van der Waals surface area (Å²) < 4.78 is 42.9. The normalized spacial score (nSPS) is 25.2. The molecule has 1 amide bonds. The Kier molecular flexibility index (Phi) is 9.75. The first-order valence-corrected chi connectivity index (χ1v) is 14.2. The lowest BCUT2D eigenvalue weighted by atomic mass is 10.0. The van der Waals surface area contributed by atoms with Crippen molar-refractivity contribution in [2.75, 3.05) is 25.6 Å². The van der Waals surface area contributed by atoms with Gasteiger partial charge >= 0.3 is 0 Å². The molecule has 2 bridgehead atoms. The maximum absolute atomic E-state index is 12.7. The molecule has 15 heteroatoms. The lowest BCUT2D eigenvalue weighted by Gasteiger charge is -2.38. The van der Waals surface area contributed by atoms with Crippen molar-refractivity contribution in [2.45, 2.75) is 91.0 Å². The summed E-state index contributed by atoms with van der Waals surface area (Å²) in [6.45, 7) is 11.9. The predicted octanol–water partition coefficient (Wildman–Crippen LogP) is 2.67. The third-order valence-electron chi connectivity index (χ3n) is 6.31. The molecule has 222 valence electrons. The molecule has 3 N–H and O–H groups in total. The fraction of sp³-hybridized carbons (Fsp3) is 0.720. The summed E-state index contributed by atoms with van der Waals surface area (Å²) in [6, 6.07) is 2.28. The Morgan fingerprint density at radius 3 is 2.77 bits per heavy atom. The third-order valence-corrected chi connectivity index (χ3v) is 8.42. The number of hydrogen-bond acceptors (Lipinski definition) is 11. The van der Waals surface area contributed by atoms with Crippen molar-refractivity contribution in [3.63, 3.8) is 0 Å². The van der Waals surface area contributed by atoms with Gasteiger partial charge in [0.1, 0.15) is 17.8 Å². The molecule has 4 rings (SSSR count). The van der Waals surface area contributed by atoms with Crippen molar-refractivity contribution in [3.05, 3.63) is 16.7 Å². The van der Waals surface area contributed by atoms with E-state index in [2.05, 4.69) is 36.1 Å². The summed E-state index contributed by atoms with van der Waals surface area (Å²) in [6.07, 6.45) is -0.438. The monoisotopic (exact) mass is 584 g/mol. The van der Waals surface area contributed by atoms with Crippen LogP contribution in [0.2, 0.25) is 0 Å². The van der Waals surface area contributed by atoms with Crippen molar-refractivity contribution in [1.29, 1.82) is 6.69 Å². The molecule has 40 heavy (non-hydrogen) atoms. The van der Waals surface area contributed by atoms with Gasteiger partial charge in [-0.05, 0) is 34.6 Å². The van der Waals surface area contributed by atoms with E-state index in [-0.39, 0.29) is 67.6 Å². The minimum absolute atomic E-state index is 0.000971. The van der Waals surface area contributed by atoms with Gasteiger partial charge in [-0.25, -0.2) is 9.65 Å². The second kappa shape index (κ2) is 13.4. The first-order valence-electron chi connectivity index (χ1n) is 14.2. The Morgan fingerprint density at radius 1 is 1.48 bits per heavy atom. The van der Waals surface area contributed by atoms with Gasteiger partial charge in [0, 0.05) is 26.5 Å². The van der Waals surface area contributed by atoms with Gasteiger partial charge in [-0.15, -0.1) is 0 Å². The van der Waals surface area contributed by atoms with Crippen molar-refractivity contribution >= 4 is 31.5 Å². The van der Waals surface area contributed by atoms with E-state index in [9.17, 15) is 9.59 Å². The number of rotatable bonds is 11. The van der Waals surface area contributed by atoms with Crippen LogP contribution in [0.25, 0.3) is 11.2 Å². The summed E-state index contributed by atoms with van der Waals surface area (Å²) in [5.41, 5.74) is -1.31. The molecule has 2 aliphatic heterocycles. The SMILES string of the molecule is [2H]C[C@@]12CO[C@@H]([C@H](n3cnc4c(=O)[nH]c(NC(=O)C(C)C)nc43)O1)[C@@H]2OP(OCCC#N)N(C(C)C)C(C)C.[3H]OC. The summed E-state index contributed by atoms with van der Waals surface area (Å²) in [5.74, 6) is -0.609. The van der Waals surface area contributed by atoms with E-state index in [1.54, 1.807) is 18.4 Å². The van der Waals surface area contributed by atoms with Crippen molar-refractivity contribution in [3.8, 4) is 6.07 Å². The van der Waals surface area contributed by atoms with Gasteiger partial charge in [0.15, 0.2) is 17.4 Å². The highest BCUT2D eigenvalue weighted by Gasteiger charge is 2.62. The smallest absolute Gasteiger partial charge is 0.280 e. The molecule has 14 nitrogen and oxygen atoms in total. The molecule has 0 saturated carbocycles. The molecule has 2 saturated heterocycles. The van der Waals surface area contributed by atoms with E-state index in [1.165, 1.54) is 13.4 Å². The maximum atomic E-state index is 12.7. The number of nitriles is 1. The molecule has 0 aliphatic carbocycles. The maximum Gasteiger partial charge on any atom is 0.280 e. The van der Waals surface area contributed by atoms with Crippen LogP contribution in [-0.2, 0) is 23.3 Å². The first kappa shape index (κ1) is 29.0. The largest absolute Gasteiger partial charge is 0.400 e. The second-order valence-corrected chi connectivity index (χ2v) is 11.7. The van der Waals surface area contributed by atoms with Crippen molar-refractivity contribution < 1.29 is 29.8 Å². The number of imidazole rings is 1. The van der Waals surface area contributed by atoms with Crippen LogP contribution in [0.1, 0.15) is 62.5 Å². The van der Waals surface area contributed by atoms with Crippen LogP contribution >= 0.6 is 8.53 Å². The summed E-state index contributed by atoms with van der Waals surface area (Å²) >= 11 is 0. The van der Waals surface area contributed by atoms with E-state index in [0.29, 0.717) is 0 Å². The molecule has 0 spiro atoms. The number of anilines is 1. The number of ether oxygens (including phenoxy) is 2. The zero-order chi connectivity index (χ0) is 31.2. The topological polar surface area (TPSA) is 177 Å². The number of nitrogens with one attached hydrogen (secondary N) is 2. The lowest BCUT2D eigenvalue weighted by molar-refractivity contribution is -0.164. The quantitative estimate of drug-likeness (QED) is 0.261. The number of hydrogen-bond donors (Lipinski definition) is 3. The third kappa shape index (κ3) is 6.52. The fourth-order valence-corrected chi connectivity index (χ4v) is 6.35. The molecule has 1 unspecified atom stereocenters. The number of carbonyl (C=O) groups is 1. The Labute approximate surface area is 237 Å². The highest BCUT2D eigenvalue weighted by Crippen LogP contribution is 2.55. The Morgan fingerprint density at radius 2 is 2.17 bits per heavy atom. The summed E-state index contributed by atoms with van der Waals surface area (Å²) in [7, 11) is -0.327. The molecule has 2 aromatic rings. The Balaban J connectivity index is 0.00000155. The molecule has 2 aliphatic rings. The van der Waals surface area contributed by atoms with Gasteiger partial charge in [0.2, 0.25) is 13.3 Å². The Bertz CT molecular complexity index is 1300. The molecule has 2 fully saturated rings. The van der Waals surface area contributed by atoms with Crippen LogP contribution in [-0.4, -0.2) is 86.9 Å². The highest BCUT2D eigenvalue weighted by atomic mass is 31.2. The number of fused-ring (bicyclic) bond motifs is 3. The van der Waals surface area contributed by atoms with Crippen LogP contribution in [0.5, 0.6) is 0 Å². The van der Waals surface area contributed by atoms with Crippen LogP contribution in [0.15, 0.2) is 11.1 Å². The van der Waals surface area contributed by atoms with Crippen LogP contribution in [0.3, 0.4) is 0 Å². The van der Waals surface area contributed by atoms with Gasteiger partial charge in [-0.1, -0.05) is 13.8 Å². The zero-order valence-corrected chi connectivity index (χ0v) is 24.8. The first-order chi connectivity index (χ1) is 19.9. The number of nitrogens with zero attached hydrogens (tertiary/aromatic N) is 5. The zero-order valence-electron chi connectivity index (χ0n) is 25.9. The standard InChI is InChI=1S/C24H36N7O6P.CH4O/c1-13(2)20(32)28-23-27-19-16(21(33)29-23)26-12-30(19)22-17-18(24(7,36-22)11-34-17)37-38(35-10-8-9-25)31(14(3)4)15(5)6;1-2/h12-15,17-18,22H,8,10-11H2,1-7H3,(H2,27,28,29,32,33);2H,1H3/t17-,18+,22-,24+,38?;/m1./s1/i7D;2T. The number of aliphatic hydroxyl groups excluding tert-OH is 1. The number of aliphatic hydroxyl groups is 1. The molecule has 2 aromatic heterocycles. The molecular weight excluding hydrogens is 541 g/mol. The number of amides is 1. The Hall–Kier alpha value is -2.50. The summed E-state index contributed by atoms with van der Waals surface area (Å²) in [4.78, 5) is 36.1. The van der Waals surface area contributed by atoms with Crippen LogP contribution in [0.4, 0.5) is 5.95 Å². The van der Waals surface area contributed by atoms with Gasteiger partial charge in [0.25, 0.3) is 14.1 Å². The fourth-order valence-electron chi connectivity index (χ4n) is 4.54. The van der Waals surface area contributed by atoms with Crippen LogP contribution in [0, 0.1) is 17.2 Å². The van der Waals surface area contributed by atoms with Crippen molar-refractivity contribution in [1.82, 2.24) is 24.2 Å². The highest BCUT2D eigenvalue weighted by molar-refractivity contribution is 7.44. The lowest BCUT2D eigenvalue weighted by Crippen LogP contribution is -2.40. The van der Waals surface area contributed by atoms with E-state index < -0.39 is 38.1 Å². The number of H-pyrrole nitrogens is 1. The average molecular weight is 585 g/mol. The summed E-state index contributed by atoms with van der Waals surface area (Å²) in [5, 5.41) is 15.1. The second-order valence-electron chi connectivity index (χ2n) is 10.3. The molecule has 4 heterocycles. The minimum Gasteiger partial charge on any atom is -0.400 e. The average Bonchev–Trinajstić information content (AvgIpc) is 3.59. The number of aromatic amines is 1. The predicted molar refractivity (Wildman–Crippen MR) is 148 cm³/mol. The van der Waals surface area contributed by atoms with E-state index in [1.807, 2.05) is 27.7 Å². The van der Waals surface area contributed by atoms with Gasteiger partial charge < -0.3 is 23.6 Å². The molecule has 5 atom stereocenters. The molecule has 0 radical (unpaired) electrons. The van der Waals surface area contributed by atoms with E-state index >= 15 is 0 Å².